The summed E-state index contributed by atoms with van der Waals surface area (Å²) in [5, 5.41) is 12.1. The Bertz CT molecular complexity index is 255. The van der Waals surface area contributed by atoms with Crippen LogP contribution in [0.5, 0.6) is 0 Å². The highest BCUT2D eigenvalue weighted by molar-refractivity contribution is 5.74. The van der Waals surface area contributed by atoms with E-state index in [1.807, 2.05) is 6.92 Å². The average Bonchev–Trinajstić information content (AvgIpc) is 2.39. The molecule has 1 saturated carbocycles. The molecule has 1 aliphatic rings. The molecule has 0 atom stereocenters. The van der Waals surface area contributed by atoms with E-state index in [0.29, 0.717) is 19.1 Å². The van der Waals surface area contributed by atoms with Gasteiger partial charge < -0.3 is 15.3 Å². The summed E-state index contributed by atoms with van der Waals surface area (Å²) in [5.41, 5.74) is 0. The molecule has 112 valence electrons. The number of carbonyl (C=O) groups is 1. The highest BCUT2D eigenvalue weighted by Gasteiger charge is 2.25. The number of carbonyl (C=O) groups excluding carboxylic acids is 1. The summed E-state index contributed by atoms with van der Waals surface area (Å²) >= 11 is 0. The minimum absolute atomic E-state index is 0.0103. The van der Waals surface area contributed by atoms with Crippen LogP contribution in [-0.2, 0) is 0 Å². The van der Waals surface area contributed by atoms with E-state index in [2.05, 4.69) is 19.2 Å². The van der Waals surface area contributed by atoms with Crippen molar-refractivity contribution in [1.29, 1.82) is 0 Å². The van der Waals surface area contributed by atoms with Crippen molar-refractivity contribution in [3.8, 4) is 0 Å². The number of amides is 2. The van der Waals surface area contributed by atoms with Crippen LogP contribution < -0.4 is 5.32 Å². The predicted molar refractivity (Wildman–Crippen MR) is 78.1 cm³/mol. The van der Waals surface area contributed by atoms with Crippen molar-refractivity contribution in [1.82, 2.24) is 10.2 Å². The Morgan fingerprint density at radius 3 is 2.37 bits per heavy atom. The molecule has 1 fully saturated rings. The van der Waals surface area contributed by atoms with Gasteiger partial charge in [0, 0.05) is 19.1 Å². The summed E-state index contributed by atoms with van der Waals surface area (Å²) in [6.45, 7) is 7.80. The van der Waals surface area contributed by atoms with Crippen LogP contribution in [0.15, 0.2) is 0 Å². The third-order valence-corrected chi connectivity index (χ3v) is 4.19. The normalized spacial score (nSPS) is 23.4. The summed E-state index contributed by atoms with van der Waals surface area (Å²) in [5.74, 6) is 1.57. The van der Waals surface area contributed by atoms with Crippen LogP contribution in [0.4, 0.5) is 4.79 Å². The maximum absolute atomic E-state index is 12.1. The predicted octanol–water partition coefficient (Wildman–Crippen LogP) is 2.62. The molecule has 0 aromatic rings. The number of nitrogens with one attached hydrogen (secondary N) is 1. The van der Waals surface area contributed by atoms with Crippen LogP contribution in [0.2, 0.25) is 0 Å². The number of aliphatic hydroxyl groups is 1. The third kappa shape index (κ3) is 5.39. The molecule has 4 heteroatoms. The summed E-state index contributed by atoms with van der Waals surface area (Å²) in [7, 11) is 0. The molecule has 1 rings (SSSR count). The third-order valence-electron chi connectivity index (χ3n) is 4.19. The van der Waals surface area contributed by atoms with E-state index < -0.39 is 0 Å². The molecule has 0 aromatic carbocycles. The maximum atomic E-state index is 12.1. The molecule has 0 aromatic heterocycles. The van der Waals surface area contributed by atoms with E-state index >= 15 is 0 Å². The second-order valence-electron chi connectivity index (χ2n) is 6.02. The van der Waals surface area contributed by atoms with E-state index in [-0.39, 0.29) is 12.6 Å². The van der Waals surface area contributed by atoms with Crippen LogP contribution in [-0.4, -0.2) is 41.8 Å². The SMILES string of the molecule is CCCN(CCO)C(=O)NC1CCC(C(C)C)CC1. The number of rotatable bonds is 6. The lowest BCUT2D eigenvalue weighted by Gasteiger charge is -2.33. The zero-order chi connectivity index (χ0) is 14.3. The van der Waals surface area contributed by atoms with E-state index in [1.165, 1.54) is 12.8 Å². The fourth-order valence-corrected chi connectivity index (χ4v) is 2.90. The van der Waals surface area contributed by atoms with Gasteiger partial charge in [0.2, 0.25) is 0 Å². The Morgan fingerprint density at radius 2 is 1.89 bits per heavy atom. The molecule has 0 aliphatic heterocycles. The average molecular weight is 270 g/mol. The lowest BCUT2D eigenvalue weighted by Crippen LogP contribution is -2.47. The molecule has 0 saturated heterocycles. The van der Waals surface area contributed by atoms with Gasteiger partial charge in [-0.1, -0.05) is 20.8 Å². The smallest absolute Gasteiger partial charge is 0.317 e. The van der Waals surface area contributed by atoms with Gasteiger partial charge in [0.25, 0.3) is 0 Å². The van der Waals surface area contributed by atoms with E-state index in [4.69, 9.17) is 5.11 Å². The number of aliphatic hydroxyl groups excluding tert-OH is 1. The quantitative estimate of drug-likeness (QED) is 0.779. The van der Waals surface area contributed by atoms with Crippen molar-refractivity contribution < 1.29 is 9.90 Å². The number of hydrogen-bond acceptors (Lipinski definition) is 2. The Labute approximate surface area is 117 Å². The molecular weight excluding hydrogens is 240 g/mol. The van der Waals surface area contributed by atoms with Crippen LogP contribution in [0.1, 0.15) is 52.9 Å². The van der Waals surface area contributed by atoms with Gasteiger partial charge in [-0.15, -0.1) is 0 Å². The van der Waals surface area contributed by atoms with Gasteiger partial charge in [-0.3, -0.25) is 0 Å². The van der Waals surface area contributed by atoms with E-state index in [9.17, 15) is 4.79 Å². The largest absolute Gasteiger partial charge is 0.395 e. The number of hydrogen-bond donors (Lipinski definition) is 2. The minimum Gasteiger partial charge on any atom is -0.395 e. The molecule has 4 nitrogen and oxygen atoms in total. The topological polar surface area (TPSA) is 52.6 Å². The van der Waals surface area contributed by atoms with Crippen molar-refractivity contribution in [2.24, 2.45) is 11.8 Å². The second kappa shape index (κ2) is 8.41. The molecule has 0 spiro atoms. The van der Waals surface area contributed by atoms with Crippen LogP contribution in [0.25, 0.3) is 0 Å². The molecule has 0 unspecified atom stereocenters. The Hall–Kier alpha value is -0.770. The number of urea groups is 1. The molecule has 0 radical (unpaired) electrons. The van der Waals surface area contributed by atoms with Crippen molar-refractivity contribution in [2.75, 3.05) is 19.7 Å². The van der Waals surface area contributed by atoms with Crippen molar-refractivity contribution in [3.63, 3.8) is 0 Å². The molecule has 2 N–H and O–H groups in total. The lowest BCUT2D eigenvalue weighted by atomic mass is 9.80. The Balaban J connectivity index is 2.36. The van der Waals surface area contributed by atoms with Crippen molar-refractivity contribution in [3.05, 3.63) is 0 Å². The fraction of sp³-hybridized carbons (Fsp3) is 0.933. The molecule has 19 heavy (non-hydrogen) atoms. The van der Waals surface area contributed by atoms with Gasteiger partial charge in [-0.05, 0) is 43.9 Å². The first-order valence-corrected chi connectivity index (χ1v) is 7.74. The minimum atomic E-state index is -0.0103. The number of nitrogens with zero attached hydrogens (tertiary/aromatic N) is 1. The van der Waals surface area contributed by atoms with Gasteiger partial charge in [-0.2, -0.15) is 0 Å². The van der Waals surface area contributed by atoms with Crippen LogP contribution >= 0.6 is 0 Å². The van der Waals surface area contributed by atoms with Gasteiger partial charge in [0.15, 0.2) is 0 Å². The summed E-state index contributed by atoms with van der Waals surface area (Å²) in [6.07, 6.45) is 5.54. The molecule has 0 heterocycles. The van der Waals surface area contributed by atoms with Gasteiger partial charge >= 0.3 is 6.03 Å². The standard InChI is InChI=1S/C15H30N2O2/c1-4-9-17(10-11-18)15(19)16-14-7-5-13(6-8-14)12(2)3/h12-14,18H,4-11H2,1-3H3,(H,16,19). The Morgan fingerprint density at radius 1 is 1.26 bits per heavy atom. The van der Waals surface area contributed by atoms with Crippen molar-refractivity contribution >= 4 is 6.03 Å². The fourth-order valence-electron chi connectivity index (χ4n) is 2.90. The molecule has 2 amide bonds. The first-order chi connectivity index (χ1) is 9.08. The monoisotopic (exact) mass is 270 g/mol. The van der Waals surface area contributed by atoms with Gasteiger partial charge in [0.05, 0.1) is 6.61 Å². The summed E-state index contributed by atoms with van der Waals surface area (Å²) in [4.78, 5) is 13.8. The highest BCUT2D eigenvalue weighted by atomic mass is 16.3. The first kappa shape index (κ1) is 16.3. The van der Waals surface area contributed by atoms with Gasteiger partial charge in [-0.25, -0.2) is 4.79 Å². The zero-order valence-corrected chi connectivity index (χ0v) is 12.7. The van der Waals surface area contributed by atoms with Gasteiger partial charge in [0.1, 0.15) is 0 Å². The second-order valence-corrected chi connectivity index (χ2v) is 6.02. The first-order valence-electron chi connectivity index (χ1n) is 7.74. The molecular formula is C15H30N2O2. The molecule has 0 bridgehead atoms. The Kier molecular flexibility index (Phi) is 7.21. The maximum Gasteiger partial charge on any atom is 0.317 e. The molecule has 1 aliphatic carbocycles. The zero-order valence-electron chi connectivity index (χ0n) is 12.7. The van der Waals surface area contributed by atoms with Crippen LogP contribution in [0, 0.1) is 11.8 Å². The highest BCUT2D eigenvalue weighted by Crippen LogP contribution is 2.29. The van der Waals surface area contributed by atoms with Crippen molar-refractivity contribution in [2.45, 2.75) is 58.9 Å². The summed E-state index contributed by atoms with van der Waals surface area (Å²) < 4.78 is 0. The van der Waals surface area contributed by atoms with E-state index in [1.54, 1.807) is 4.90 Å². The lowest BCUT2D eigenvalue weighted by molar-refractivity contribution is 0.166. The summed E-state index contributed by atoms with van der Waals surface area (Å²) in [6, 6.07) is 0.310. The van der Waals surface area contributed by atoms with E-state index in [0.717, 1.165) is 31.1 Å². The van der Waals surface area contributed by atoms with Crippen LogP contribution in [0.3, 0.4) is 0 Å².